The van der Waals surface area contributed by atoms with Crippen LogP contribution < -0.4 is 5.32 Å². The molecule has 0 aliphatic heterocycles. The molecule has 1 heterocycles. The summed E-state index contributed by atoms with van der Waals surface area (Å²) in [5, 5.41) is 8.89. The molecular weight excluding hydrogens is 240 g/mol. The van der Waals surface area contributed by atoms with Gasteiger partial charge in [-0.1, -0.05) is 0 Å². The molecule has 0 fully saturated rings. The lowest BCUT2D eigenvalue weighted by molar-refractivity contribution is 0.0946. The fourth-order valence-corrected chi connectivity index (χ4v) is 1.49. The Balaban J connectivity index is 2.11. The first-order valence-electron chi connectivity index (χ1n) is 5.30. The maximum atomic E-state index is 13.4. The second-order valence-corrected chi connectivity index (χ2v) is 3.85. The van der Waals surface area contributed by atoms with E-state index in [-0.39, 0.29) is 17.7 Å². The molecule has 94 valence electrons. The van der Waals surface area contributed by atoms with Gasteiger partial charge in [0.05, 0.1) is 17.8 Å². The Bertz CT molecular complexity index is 567. The summed E-state index contributed by atoms with van der Waals surface area (Å²) in [7, 11) is 0. The second-order valence-electron chi connectivity index (χ2n) is 3.85. The number of aromatic nitrogens is 2. The van der Waals surface area contributed by atoms with E-state index in [2.05, 4.69) is 15.5 Å². The molecule has 0 radical (unpaired) electrons. The molecule has 0 spiro atoms. The van der Waals surface area contributed by atoms with Crippen LogP contribution in [0.4, 0.5) is 8.78 Å². The SMILES string of the molecule is Cc1cc(C(=O)NCc2ccn[nH]2)c(F)cc1F. The normalized spacial score (nSPS) is 10.4. The van der Waals surface area contributed by atoms with Crippen LogP contribution in [0, 0.1) is 18.6 Å². The van der Waals surface area contributed by atoms with Crippen LogP contribution in [-0.4, -0.2) is 16.1 Å². The van der Waals surface area contributed by atoms with E-state index in [1.165, 1.54) is 13.0 Å². The molecule has 0 aliphatic carbocycles. The molecule has 0 saturated heterocycles. The highest BCUT2D eigenvalue weighted by Crippen LogP contribution is 2.14. The zero-order valence-electron chi connectivity index (χ0n) is 9.63. The predicted octanol–water partition coefficient (Wildman–Crippen LogP) is 1.93. The first-order chi connectivity index (χ1) is 8.58. The van der Waals surface area contributed by atoms with Crippen LogP contribution in [0.15, 0.2) is 24.4 Å². The van der Waals surface area contributed by atoms with Crippen molar-refractivity contribution in [2.75, 3.05) is 0 Å². The van der Waals surface area contributed by atoms with Crippen LogP contribution in [0.25, 0.3) is 0 Å². The third kappa shape index (κ3) is 2.53. The van der Waals surface area contributed by atoms with Gasteiger partial charge in [0.1, 0.15) is 11.6 Å². The molecule has 2 N–H and O–H groups in total. The molecule has 0 atom stereocenters. The van der Waals surface area contributed by atoms with Crippen molar-refractivity contribution < 1.29 is 13.6 Å². The number of nitrogens with one attached hydrogen (secondary N) is 2. The molecule has 1 aromatic carbocycles. The highest BCUT2D eigenvalue weighted by atomic mass is 19.1. The molecule has 1 aromatic heterocycles. The summed E-state index contributed by atoms with van der Waals surface area (Å²) in [6.45, 7) is 1.68. The summed E-state index contributed by atoms with van der Waals surface area (Å²) >= 11 is 0. The Hall–Kier alpha value is -2.24. The number of aromatic amines is 1. The highest BCUT2D eigenvalue weighted by Gasteiger charge is 2.14. The number of hydrogen-bond acceptors (Lipinski definition) is 2. The van der Waals surface area contributed by atoms with Crippen molar-refractivity contribution in [3.05, 3.63) is 52.9 Å². The minimum atomic E-state index is -0.875. The minimum absolute atomic E-state index is 0.173. The van der Waals surface area contributed by atoms with Gasteiger partial charge in [-0.2, -0.15) is 5.10 Å². The van der Waals surface area contributed by atoms with E-state index in [4.69, 9.17) is 0 Å². The van der Waals surface area contributed by atoms with Gasteiger partial charge in [0.2, 0.25) is 0 Å². The Morgan fingerprint density at radius 1 is 1.39 bits per heavy atom. The summed E-state index contributed by atoms with van der Waals surface area (Å²) in [5.41, 5.74) is 0.749. The maximum absolute atomic E-state index is 13.4. The standard InChI is InChI=1S/C12H11F2N3O/c1-7-4-9(11(14)5-10(7)13)12(18)15-6-8-2-3-16-17-8/h2-5H,6H2,1H3,(H,15,18)(H,16,17). The zero-order valence-corrected chi connectivity index (χ0v) is 9.63. The number of H-pyrrole nitrogens is 1. The monoisotopic (exact) mass is 251 g/mol. The van der Waals surface area contributed by atoms with Gasteiger partial charge in [-0.05, 0) is 24.6 Å². The van der Waals surface area contributed by atoms with Crippen molar-refractivity contribution in [2.45, 2.75) is 13.5 Å². The summed E-state index contributed by atoms with van der Waals surface area (Å²) in [5.74, 6) is -2.14. The average Bonchev–Trinajstić information content (AvgIpc) is 2.84. The van der Waals surface area contributed by atoms with Crippen LogP contribution in [0.1, 0.15) is 21.6 Å². The van der Waals surface area contributed by atoms with Gasteiger partial charge < -0.3 is 5.32 Å². The van der Waals surface area contributed by atoms with Gasteiger partial charge in [-0.25, -0.2) is 8.78 Å². The summed E-state index contributed by atoms with van der Waals surface area (Å²) in [6, 6.07) is 3.58. The lowest BCUT2D eigenvalue weighted by atomic mass is 10.1. The van der Waals surface area contributed by atoms with E-state index in [0.29, 0.717) is 11.8 Å². The van der Waals surface area contributed by atoms with E-state index in [9.17, 15) is 13.6 Å². The average molecular weight is 251 g/mol. The highest BCUT2D eigenvalue weighted by molar-refractivity contribution is 5.94. The lowest BCUT2D eigenvalue weighted by Crippen LogP contribution is -2.24. The molecule has 18 heavy (non-hydrogen) atoms. The maximum Gasteiger partial charge on any atom is 0.254 e. The third-order valence-electron chi connectivity index (χ3n) is 2.49. The molecular formula is C12H11F2N3O. The summed E-state index contributed by atoms with van der Waals surface area (Å²) in [6.07, 6.45) is 1.55. The third-order valence-corrected chi connectivity index (χ3v) is 2.49. The van der Waals surface area contributed by atoms with Gasteiger partial charge in [-0.3, -0.25) is 9.89 Å². The number of nitrogens with zero attached hydrogens (tertiary/aromatic N) is 1. The van der Waals surface area contributed by atoms with Crippen molar-refractivity contribution in [1.29, 1.82) is 0 Å². The number of rotatable bonds is 3. The molecule has 0 unspecified atom stereocenters. The van der Waals surface area contributed by atoms with Crippen LogP contribution >= 0.6 is 0 Å². The zero-order chi connectivity index (χ0) is 13.1. The molecule has 2 rings (SSSR count). The summed E-state index contributed by atoms with van der Waals surface area (Å²) in [4.78, 5) is 11.7. The van der Waals surface area contributed by atoms with E-state index >= 15 is 0 Å². The first-order valence-corrected chi connectivity index (χ1v) is 5.30. The number of halogens is 2. The molecule has 6 heteroatoms. The van der Waals surface area contributed by atoms with E-state index in [1.54, 1.807) is 12.3 Å². The van der Waals surface area contributed by atoms with Crippen molar-refractivity contribution >= 4 is 5.91 Å². The fraction of sp³-hybridized carbons (Fsp3) is 0.167. The number of amides is 1. The van der Waals surface area contributed by atoms with Gasteiger partial charge in [0.25, 0.3) is 5.91 Å². The molecule has 1 amide bonds. The molecule has 4 nitrogen and oxygen atoms in total. The fourth-order valence-electron chi connectivity index (χ4n) is 1.49. The largest absolute Gasteiger partial charge is 0.346 e. The predicted molar refractivity (Wildman–Crippen MR) is 60.9 cm³/mol. The smallest absolute Gasteiger partial charge is 0.254 e. The van der Waals surface area contributed by atoms with Crippen LogP contribution in [0.2, 0.25) is 0 Å². The number of benzene rings is 1. The molecule has 2 aromatic rings. The Morgan fingerprint density at radius 2 is 2.17 bits per heavy atom. The van der Waals surface area contributed by atoms with Crippen molar-refractivity contribution in [2.24, 2.45) is 0 Å². The van der Waals surface area contributed by atoms with Gasteiger partial charge in [-0.15, -0.1) is 0 Å². The van der Waals surface area contributed by atoms with Crippen molar-refractivity contribution in [3.8, 4) is 0 Å². The summed E-state index contributed by atoms with van der Waals surface area (Å²) < 4.78 is 26.5. The number of carbonyl (C=O) groups excluding carboxylic acids is 1. The number of carbonyl (C=O) groups is 1. The second kappa shape index (κ2) is 4.95. The van der Waals surface area contributed by atoms with Crippen LogP contribution in [-0.2, 0) is 6.54 Å². The van der Waals surface area contributed by atoms with Gasteiger partial charge in [0, 0.05) is 12.3 Å². The van der Waals surface area contributed by atoms with Crippen molar-refractivity contribution in [1.82, 2.24) is 15.5 Å². The Kier molecular flexibility index (Phi) is 3.36. The van der Waals surface area contributed by atoms with E-state index < -0.39 is 17.5 Å². The van der Waals surface area contributed by atoms with E-state index in [0.717, 1.165) is 0 Å². The number of aryl methyl sites for hydroxylation is 1. The Labute approximate surface area is 102 Å². The lowest BCUT2D eigenvalue weighted by Gasteiger charge is -2.06. The minimum Gasteiger partial charge on any atom is -0.346 e. The quantitative estimate of drug-likeness (QED) is 0.875. The van der Waals surface area contributed by atoms with Crippen molar-refractivity contribution in [3.63, 3.8) is 0 Å². The van der Waals surface area contributed by atoms with Crippen LogP contribution in [0.3, 0.4) is 0 Å². The first kappa shape index (κ1) is 12.2. The number of hydrogen-bond donors (Lipinski definition) is 2. The molecule has 0 saturated carbocycles. The van der Waals surface area contributed by atoms with Gasteiger partial charge in [0.15, 0.2) is 0 Å². The Morgan fingerprint density at radius 3 is 2.83 bits per heavy atom. The van der Waals surface area contributed by atoms with E-state index in [1.807, 2.05) is 0 Å². The van der Waals surface area contributed by atoms with Gasteiger partial charge >= 0.3 is 0 Å². The topological polar surface area (TPSA) is 57.8 Å². The molecule has 0 aliphatic rings. The van der Waals surface area contributed by atoms with Crippen LogP contribution in [0.5, 0.6) is 0 Å². The molecule has 0 bridgehead atoms.